The number of aromatic nitrogens is 1. The fourth-order valence-electron chi connectivity index (χ4n) is 2.41. The largest absolute Gasteiger partial charge is 0.360 e. The Morgan fingerprint density at radius 3 is 2.77 bits per heavy atom. The predicted octanol–water partition coefficient (Wildman–Crippen LogP) is 2.11. The standard InChI is InChI=1S/C15H14FN3O3/c1-9-6-13(18-22-9)17-15(21)10-7-14(20)19(8-10)12-4-2-11(16)3-5-12/h2-6,10H,7-8H2,1H3,(H,17,18,21)/t10-/m0/s1. The normalized spacial score (nSPS) is 17.8. The lowest BCUT2D eigenvalue weighted by Crippen LogP contribution is -2.28. The summed E-state index contributed by atoms with van der Waals surface area (Å²) in [7, 11) is 0. The van der Waals surface area contributed by atoms with Crippen molar-refractivity contribution >= 4 is 23.3 Å². The number of amides is 2. The highest BCUT2D eigenvalue weighted by Crippen LogP contribution is 2.26. The van der Waals surface area contributed by atoms with E-state index in [1.807, 2.05) is 0 Å². The van der Waals surface area contributed by atoms with Gasteiger partial charge in [-0.15, -0.1) is 0 Å². The van der Waals surface area contributed by atoms with Crippen LogP contribution in [0.5, 0.6) is 0 Å². The second-order valence-electron chi connectivity index (χ2n) is 5.19. The summed E-state index contributed by atoms with van der Waals surface area (Å²) in [5.41, 5.74) is 0.582. The molecule has 1 aliphatic rings. The van der Waals surface area contributed by atoms with Gasteiger partial charge in [0.05, 0.1) is 5.92 Å². The average molecular weight is 303 g/mol. The molecule has 0 spiro atoms. The number of rotatable bonds is 3. The summed E-state index contributed by atoms with van der Waals surface area (Å²) in [4.78, 5) is 25.7. The Hall–Kier alpha value is -2.70. The number of aryl methyl sites for hydroxylation is 1. The van der Waals surface area contributed by atoms with E-state index < -0.39 is 5.92 Å². The zero-order valence-electron chi connectivity index (χ0n) is 11.9. The van der Waals surface area contributed by atoms with Gasteiger partial charge in [0.2, 0.25) is 11.8 Å². The number of anilines is 2. The van der Waals surface area contributed by atoms with Crippen molar-refractivity contribution in [3.63, 3.8) is 0 Å². The molecule has 2 amide bonds. The van der Waals surface area contributed by atoms with Gasteiger partial charge in [0.1, 0.15) is 11.6 Å². The molecule has 114 valence electrons. The molecule has 22 heavy (non-hydrogen) atoms. The maximum absolute atomic E-state index is 12.9. The van der Waals surface area contributed by atoms with Crippen LogP contribution in [-0.4, -0.2) is 23.5 Å². The van der Waals surface area contributed by atoms with E-state index >= 15 is 0 Å². The minimum absolute atomic E-state index is 0.111. The van der Waals surface area contributed by atoms with Crippen molar-refractivity contribution in [2.24, 2.45) is 5.92 Å². The van der Waals surface area contributed by atoms with Crippen molar-refractivity contribution in [2.75, 3.05) is 16.8 Å². The van der Waals surface area contributed by atoms with Crippen molar-refractivity contribution < 1.29 is 18.5 Å². The lowest BCUT2D eigenvalue weighted by Gasteiger charge is -2.16. The first-order valence-corrected chi connectivity index (χ1v) is 6.83. The lowest BCUT2D eigenvalue weighted by molar-refractivity contribution is -0.122. The van der Waals surface area contributed by atoms with Crippen LogP contribution in [0.2, 0.25) is 0 Å². The molecular formula is C15H14FN3O3. The molecule has 1 aromatic carbocycles. The highest BCUT2D eigenvalue weighted by atomic mass is 19.1. The highest BCUT2D eigenvalue weighted by molar-refractivity contribution is 6.03. The molecule has 3 rings (SSSR count). The van der Waals surface area contributed by atoms with Crippen molar-refractivity contribution in [3.8, 4) is 0 Å². The summed E-state index contributed by atoms with van der Waals surface area (Å²) in [6, 6.07) is 7.22. The van der Waals surface area contributed by atoms with Crippen LogP contribution in [0.1, 0.15) is 12.2 Å². The Bertz CT molecular complexity index is 711. The molecule has 1 atom stereocenters. The van der Waals surface area contributed by atoms with Gasteiger partial charge < -0.3 is 14.7 Å². The van der Waals surface area contributed by atoms with Crippen LogP contribution < -0.4 is 10.2 Å². The van der Waals surface area contributed by atoms with E-state index in [-0.39, 0.29) is 30.6 Å². The van der Waals surface area contributed by atoms with Crippen molar-refractivity contribution in [2.45, 2.75) is 13.3 Å². The van der Waals surface area contributed by atoms with E-state index in [0.717, 1.165) is 0 Å². The topological polar surface area (TPSA) is 75.4 Å². The molecule has 0 bridgehead atoms. The minimum atomic E-state index is -0.477. The van der Waals surface area contributed by atoms with E-state index in [1.54, 1.807) is 13.0 Å². The van der Waals surface area contributed by atoms with Crippen LogP contribution in [0.25, 0.3) is 0 Å². The summed E-state index contributed by atoms with van der Waals surface area (Å²) in [5, 5.41) is 6.31. The monoisotopic (exact) mass is 303 g/mol. The molecule has 0 saturated carbocycles. The summed E-state index contributed by atoms with van der Waals surface area (Å²) in [5.74, 6) is -0.379. The summed E-state index contributed by atoms with van der Waals surface area (Å²) < 4.78 is 17.8. The number of halogens is 1. The van der Waals surface area contributed by atoms with Crippen LogP contribution in [0.3, 0.4) is 0 Å². The summed E-state index contributed by atoms with van der Waals surface area (Å²) in [6.45, 7) is 1.98. The van der Waals surface area contributed by atoms with Crippen molar-refractivity contribution in [1.29, 1.82) is 0 Å². The van der Waals surface area contributed by atoms with Crippen LogP contribution in [0, 0.1) is 18.7 Å². The molecule has 0 aliphatic carbocycles. The molecule has 2 aromatic rings. The molecule has 1 N–H and O–H groups in total. The molecule has 1 saturated heterocycles. The minimum Gasteiger partial charge on any atom is -0.360 e. The van der Waals surface area contributed by atoms with Gasteiger partial charge in [0, 0.05) is 24.7 Å². The predicted molar refractivity (Wildman–Crippen MR) is 76.7 cm³/mol. The van der Waals surface area contributed by atoms with Crippen LogP contribution >= 0.6 is 0 Å². The van der Waals surface area contributed by atoms with Crippen LogP contribution in [0.15, 0.2) is 34.9 Å². The van der Waals surface area contributed by atoms with Gasteiger partial charge in [0.25, 0.3) is 0 Å². The van der Waals surface area contributed by atoms with Gasteiger partial charge in [-0.2, -0.15) is 0 Å². The Kier molecular flexibility index (Phi) is 3.62. The highest BCUT2D eigenvalue weighted by Gasteiger charge is 2.35. The number of nitrogens with one attached hydrogen (secondary N) is 1. The zero-order valence-corrected chi connectivity index (χ0v) is 11.9. The Morgan fingerprint density at radius 1 is 1.41 bits per heavy atom. The summed E-state index contributed by atoms with van der Waals surface area (Å²) in [6.07, 6.45) is 0.111. The maximum atomic E-state index is 12.9. The van der Waals surface area contributed by atoms with E-state index in [0.29, 0.717) is 17.3 Å². The molecule has 2 heterocycles. The Labute approximate surface area is 125 Å². The lowest BCUT2D eigenvalue weighted by atomic mass is 10.1. The third-order valence-corrected chi connectivity index (χ3v) is 3.51. The fourth-order valence-corrected chi connectivity index (χ4v) is 2.41. The second-order valence-corrected chi connectivity index (χ2v) is 5.19. The number of hydrogen-bond donors (Lipinski definition) is 1. The first-order valence-electron chi connectivity index (χ1n) is 6.83. The molecule has 1 fully saturated rings. The second kappa shape index (κ2) is 5.59. The first kappa shape index (κ1) is 14.2. The van der Waals surface area contributed by atoms with Gasteiger partial charge in [0.15, 0.2) is 5.82 Å². The smallest absolute Gasteiger partial charge is 0.231 e. The fraction of sp³-hybridized carbons (Fsp3) is 0.267. The first-order chi connectivity index (χ1) is 10.5. The zero-order chi connectivity index (χ0) is 15.7. The Balaban J connectivity index is 1.68. The van der Waals surface area contributed by atoms with Crippen LogP contribution in [-0.2, 0) is 9.59 Å². The van der Waals surface area contributed by atoms with Crippen LogP contribution in [0.4, 0.5) is 15.9 Å². The SMILES string of the molecule is Cc1cc(NC(=O)[C@H]2CC(=O)N(c3ccc(F)cc3)C2)no1. The van der Waals surface area contributed by atoms with Crippen molar-refractivity contribution in [3.05, 3.63) is 41.9 Å². The van der Waals surface area contributed by atoms with E-state index in [2.05, 4.69) is 10.5 Å². The number of hydrogen-bond acceptors (Lipinski definition) is 4. The molecule has 0 radical (unpaired) electrons. The maximum Gasteiger partial charge on any atom is 0.231 e. The Morgan fingerprint density at radius 2 is 2.14 bits per heavy atom. The molecule has 1 aliphatic heterocycles. The molecular weight excluding hydrogens is 289 g/mol. The third kappa shape index (κ3) is 2.83. The van der Waals surface area contributed by atoms with Crippen molar-refractivity contribution in [1.82, 2.24) is 5.16 Å². The summed E-state index contributed by atoms with van der Waals surface area (Å²) >= 11 is 0. The number of nitrogens with zero attached hydrogens (tertiary/aromatic N) is 2. The molecule has 7 heteroatoms. The average Bonchev–Trinajstić information content (AvgIpc) is 3.06. The molecule has 6 nitrogen and oxygen atoms in total. The van der Waals surface area contributed by atoms with Gasteiger partial charge in [-0.1, -0.05) is 5.16 Å². The van der Waals surface area contributed by atoms with E-state index in [1.165, 1.54) is 29.2 Å². The number of carbonyl (C=O) groups is 2. The van der Waals surface area contributed by atoms with E-state index in [4.69, 9.17) is 4.52 Å². The number of carbonyl (C=O) groups excluding carboxylic acids is 2. The molecule has 1 aromatic heterocycles. The van der Waals surface area contributed by atoms with Gasteiger partial charge in [-0.05, 0) is 31.2 Å². The third-order valence-electron chi connectivity index (χ3n) is 3.51. The van der Waals surface area contributed by atoms with Gasteiger partial charge in [-0.3, -0.25) is 9.59 Å². The van der Waals surface area contributed by atoms with E-state index in [9.17, 15) is 14.0 Å². The molecule has 0 unspecified atom stereocenters. The van der Waals surface area contributed by atoms with Gasteiger partial charge in [-0.25, -0.2) is 4.39 Å². The number of benzene rings is 1. The van der Waals surface area contributed by atoms with Gasteiger partial charge >= 0.3 is 0 Å². The quantitative estimate of drug-likeness (QED) is 0.942.